The smallest absolute Gasteiger partial charge is 0.435 e. The largest absolute Gasteiger partial charge is 0.452 e. The second-order valence-corrected chi connectivity index (χ2v) is 7.66. The van der Waals surface area contributed by atoms with E-state index in [1.54, 1.807) is 13.2 Å². The molecule has 0 atom stereocenters. The van der Waals surface area contributed by atoms with E-state index >= 15 is 0 Å². The van der Waals surface area contributed by atoms with Crippen molar-refractivity contribution in [2.75, 3.05) is 19.0 Å². The number of amides is 1. The van der Waals surface area contributed by atoms with Gasteiger partial charge in [-0.05, 0) is 25.0 Å². The van der Waals surface area contributed by atoms with Crippen molar-refractivity contribution in [1.29, 1.82) is 0 Å². The number of anilines is 1. The van der Waals surface area contributed by atoms with E-state index in [9.17, 15) is 18.0 Å². The quantitative estimate of drug-likeness (QED) is 0.589. The fourth-order valence-corrected chi connectivity index (χ4v) is 3.91. The lowest BCUT2D eigenvalue weighted by atomic mass is 9.89. The first-order valence-corrected chi connectivity index (χ1v) is 10.2. The maximum absolute atomic E-state index is 13.5. The van der Waals surface area contributed by atoms with Crippen LogP contribution in [0.25, 0.3) is 11.0 Å². The Labute approximate surface area is 176 Å². The van der Waals surface area contributed by atoms with Crippen molar-refractivity contribution >= 4 is 22.6 Å². The summed E-state index contributed by atoms with van der Waals surface area (Å²) in [6, 6.07) is 3.46. The van der Waals surface area contributed by atoms with Gasteiger partial charge in [-0.1, -0.05) is 19.3 Å². The van der Waals surface area contributed by atoms with Crippen LogP contribution in [0.15, 0.2) is 28.9 Å². The molecule has 0 bridgehead atoms. The van der Waals surface area contributed by atoms with E-state index in [0.29, 0.717) is 31.6 Å². The van der Waals surface area contributed by atoms with Gasteiger partial charge >= 0.3 is 6.18 Å². The Morgan fingerprint density at radius 1 is 1.32 bits per heavy atom. The highest BCUT2D eigenvalue weighted by molar-refractivity contribution is 6.04. The van der Waals surface area contributed by atoms with Crippen LogP contribution in [0, 0.1) is 0 Å². The van der Waals surface area contributed by atoms with E-state index in [1.165, 1.54) is 6.20 Å². The minimum atomic E-state index is -4.81. The number of carbonyl (C=O) groups is 1. The van der Waals surface area contributed by atoms with Gasteiger partial charge in [-0.15, -0.1) is 0 Å². The molecule has 0 unspecified atom stereocenters. The Bertz CT molecular complexity index is 1070. The number of pyridine rings is 1. The predicted molar refractivity (Wildman–Crippen MR) is 107 cm³/mol. The lowest BCUT2D eigenvalue weighted by molar-refractivity contribution is -0.153. The average Bonchev–Trinajstić information content (AvgIpc) is 3.37. The Morgan fingerprint density at radius 3 is 2.81 bits per heavy atom. The van der Waals surface area contributed by atoms with Gasteiger partial charge in [0, 0.05) is 31.2 Å². The molecule has 166 valence electrons. The lowest BCUT2D eigenvalue weighted by Crippen LogP contribution is -2.18. The van der Waals surface area contributed by atoms with Crippen LogP contribution >= 0.6 is 0 Å². The number of ether oxygens (including phenoxy) is 1. The van der Waals surface area contributed by atoms with Gasteiger partial charge in [0.2, 0.25) is 5.76 Å². The van der Waals surface area contributed by atoms with Crippen LogP contribution in [0.5, 0.6) is 0 Å². The highest BCUT2D eigenvalue weighted by Gasteiger charge is 2.42. The summed E-state index contributed by atoms with van der Waals surface area (Å²) in [4.78, 5) is 21.0. The molecule has 0 radical (unpaired) electrons. The van der Waals surface area contributed by atoms with Crippen molar-refractivity contribution < 1.29 is 27.1 Å². The fraction of sp³-hybridized carbons (Fsp3) is 0.476. The number of oxazole rings is 1. The number of hydrogen-bond acceptors (Lipinski definition) is 5. The monoisotopic (exact) mass is 436 g/mol. The summed E-state index contributed by atoms with van der Waals surface area (Å²) in [7, 11) is 1.60. The minimum absolute atomic E-state index is 0.0130. The van der Waals surface area contributed by atoms with Crippen molar-refractivity contribution in [2.45, 2.75) is 50.7 Å². The second kappa shape index (κ2) is 8.70. The maximum Gasteiger partial charge on any atom is 0.452 e. The molecule has 0 saturated heterocycles. The van der Waals surface area contributed by atoms with Crippen molar-refractivity contribution in [1.82, 2.24) is 14.5 Å². The molecule has 1 aliphatic rings. The minimum Gasteiger partial charge on any atom is -0.435 e. The summed E-state index contributed by atoms with van der Waals surface area (Å²) < 4.78 is 52.5. The van der Waals surface area contributed by atoms with Crippen LogP contribution in [0.1, 0.15) is 60.2 Å². The molecule has 0 aromatic carbocycles. The van der Waals surface area contributed by atoms with Crippen LogP contribution in [0.4, 0.5) is 18.9 Å². The standard InChI is InChI=1S/C21H23F3N4O3/c1-30-10-9-28-8-7-14-11-15(12-25-18(14)28)26-19(29)16-17(21(22,23)24)31-20(27-16)13-5-3-2-4-6-13/h7-8,11-13H,2-6,9-10H2,1H3,(H,26,29). The van der Waals surface area contributed by atoms with Gasteiger partial charge in [-0.25, -0.2) is 9.97 Å². The number of nitrogens with zero attached hydrogens (tertiary/aromatic N) is 3. The van der Waals surface area contributed by atoms with Gasteiger partial charge in [-0.2, -0.15) is 13.2 Å². The zero-order valence-electron chi connectivity index (χ0n) is 17.0. The molecule has 10 heteroatoms. The third-order valence-corrected chi connectivity index (χ3v) is 5.47. The molecule has 1 aliphatic carbocycles. The van der Waals surface area contributed by atoms with Crippen LogP contribution in [-0.4, -0.2) is 34.2 Å². The number of carbonyl (C=O) groups excluding carboxylic acids is 1. The topological polar surface area (TPSA) is 82.2 Å². The zero-order valence-corrected chi connectivity index (χ0v) is 17.0. The molecule has 1 N–H and O–H groups in total. The van der Waals surface area contributed by atoms with Gasteiger partial charge < -0.3 is 19.0 Å². The first-order valence-electron chi connectivity index (χ1n) is 10.2. The first kappa shape index (κ1) is 21.4. The van der Waals surface area contributed by atoms with Crippen molar-refractivity contribution in [2.24, 2.45) is 0 Å². The molecule has 0 spiro atoms. The molecule has 1 saturated carbocycles. The molecule has 0 aliphatic heterocycles. The lowest BCUT2D eigenvalue weighted by Gasteiger charge is -2.17. The van der Waals surface area contributed by atoms with E-state index in [0.717, 1.165) is 24.6 Å². The van der Waals surface area contributed by atoms with Gasteiger partial charge in [-0.3, -0.25) is 4.79 Å². The Balaban J connectivity index is 1.58. The fourth-order valence-electron chi connectivity index (χ4n) is 3.91. The summed E-state index contributed by atoms with van der Waals surface area (Å²) in [6.45, 7) is 1.12. The van der Waals surface area contributed by atoms with E-state index < -0.39 is 23.5 Å². The molecule has 1 amide bonds. The van der Waals surface area contributed by atoms with Crippen molar-refractivity contribution in [3.05, 3.63) is 41.9 Å². The zero-order chi connectivity index (χ0) is 22.0. The molecular weight excluding hydrogens is 413 g/mol. The molecule has 4 rings (SSSR count). The molecule has 7 nitrogen and oxygen atoms in total. The number of aromatic nitrogens is 3. The third-order valence-electron chi connectivity index (χ3n) is 5.47. The summed E-state index contributed by atoms with van der Waals surface area (Å²) in [6.07, 6.45) is 2.69. The molecule has 1 fully saturated rings. The molecule has 3 aromatic heterocycles. The van der Waals surface area contributed by atoms with Gasteiger partial charge in [0.1, 0.15) is 5.65 Å². The number of alkyl halides is 3. The van der Waals surface area contributed by atoms with Gasteiger partial charge in [0.25, 0.3) is 5.91 Å². The number of methoxy groups -OCH3 is 1. The maximum atomic E-state index is 13.5. The second-order valence-electron chi connectivity index (χ2n) is 7.66. The third kappa shape index (κ3) is 4.58. The van der Waals surface area contributed by atoms with Crippen LogP contribution in [-0.2, 0) is 17.5 Å². The van der Waals surface area contributed by atoms with Crippen molar-refractivity contribution in [3.8, 4) is 0 Å². The van der Waals surface area contributed by atoms with Gasteiger partial charge in [0.05, 0.1) is 18.5 Å². The summed E-state index contributed by atoms with van der Waals surface area (Å²) >= 11 is 0. The molecule has 31 heavy (non-hydrogen) atoms. The summed E-state index contributed by atoms with van der Waals surface area (Å²) in [5, 5.41) is 3.22. The molecule has 3 aromatic rings. The Morgan fingerprint density at radius 2 is 2.10 bits per heavy atom. The van der Waals surface area contributed by atoms with E-state index in [1.807, 2.05) is 16.8 Å². The van der Waals surface area contributed by atoms with Crippen LogP contribution in [0.3, 0.4) is 0 Å². The average molecular weight is 436 g/mol. The van der Waals surface area contributed by atoms with E-state index in [4.69, 9.17) is 9.15 Å². The number of nitrogens with one attached hydrogen (secondary N) is 1. The van der Waals surface area contributed by atoms with E-state index in [2.05, 4.69) is 15.3 Å². The number of fused-ring (bicyclic) bond motifs is 1. The Kier molecular flexibility index (Phi) is 5.99. The number of halogens is 3. The van der Waals surface area contributed by atoms with Crippen LogP contribution < -0.4 is 5.32 Å². The SMILES string of the molecule is COCCn1ccc2cc(NC(=O)c3nc(C4CCCCC4)oc3C(F)(F)F)cnc21. The number of rotatable bonds is 6. The molecular formula is C21H23F3N4O3. The predicted octanol–water partition coefficient (Wildman–Crippen LogP) is 4.99. The highest BCUT2D eigenvalue weighted by Crippen LogP contribution is 2.38. The van der Waals surface area contributed by atoms with Crippen molar-refractivity contribution in [3.63, 3.8) is 0 Å². The highest BCUT2D eigenvalue weighted by atomic mass is 19.4. The normalized spacial score (nSPS) is 15.5. The summed E-state index contributed by atoms with van der Waals surface area (Å²) in [5.74, 6) is -2.54. The van der Waals surface area contributed by atoms with Crippen LogP contribution in [0.2, 0.25) is 0 Å². The first-order chi connectivity index (χ1) is 14.9. The summed E-state index contributed by atoms with van der Waals surface area (Å²) in [5.41, 5.74) is 0.218. The Hall–Kier alpha value is -2.88. The molecule has 3 heterocycles. The number of hydrogen-bond donors (Lipinski definition) is 1. The van der Waals surface area contributed by atoms with E-state index in [-0.39, 0.29) is 17.5 Å². The van der Waals surface area contributed by atoms with Gasteiger partial charge in [0.15, 0.2) is 11.6 Å².